The number of amides is 1. The van der Waals surface area contributed by atoms with E-state index in [-0.39, 0.29) is 12.3 Å². The number of hydroxylamine groups is 1. The summed E-state index contributed by atoms with van der Waals surface area (Å²) in [6, 6.07) is 0. The van der Waals surface area contributed by atoms with Gasteiger partial charge in [0.1, 0.15) is 6.42 Å². The smallest absolute Gasteiger partial charge is 0.314 e. The summed E-state index contributed by atoms with van der Waals surface area (Å²) in [5, 5.41) is 0. The first-order valence-corrected chi connectivity index (χ1v) is 3.97. The van der Waals surface area contributed by atoms with Gasteiger partial charge in [-0.25, -0.2) is 10.3 Å². The minimum Gasteiger partial charge on any atom is -0.326 e. The molecule has 12 heavy (non-hydrogen) atoms. The summed E-state index contributed by atoms with van der Waals surface area (Å²) >= 11 is 0. The third kappa shape index (κ3) is 1.94. The fourth-order valence-corrected chi connectivity index (χ4v) is 1.05. The minimum atomic E-state index is -1.19. The van der Waals surface area contributed by atoms with Crippen LogP contribution in [0.3, 0.4) is 0 Å². The van der Waals surface area contributed by atoms with Crippen molar-refractivity contribution >= 4 is 5.91 Å². The number of hydrogen-bond acceptors (Lipinski definition) is 4. The van der Waals surface area contributed by atoms with Crippen molar-refractivity contribution in [3.05, 3.63) is 0 Å². The Morgan fingerprint density at radius 1 is 1.50 bits per heavy atom. The number of carbonyl (C=O) groups is 1. The van der Waals surface area contributed by atoms with Gasteiger partial charge in [0, 0.05) is 13.2 Å². The Hall–Kier alpha value is -0.650. The van der Waals surface area contributed by atoms with Crippen LogP contribution in [0.1, 0.15) is 20.3 Å². The highest BCUT2D eigenvalue weighted by molar-refractivity contribution is 5.77. The van der Waals surface area contributed by atoms with Crippen molar-refractivity contribution in [2.45, 2.75) is 26.2 Å². The molecule has 0 spiro atoms. The molecule has 5 heteroatoms. The minimum absolute atomic E-state index is 0.0919. The van der Waals surface area contributed by atoms with E-state index in [1.165, 1.54) is 0 Å². The molecule has 1 fully saturated rings. The standard InChI is InChI=1S/C7H13NO4/c1-3-10-7(11-4-2)5-6(9)8-12-7/h3-5H2,1-2H3,(H,8,9). The lowest BCUT2D eigenvalue weighted by molar-refractivity contribution is -0.373. The molecule has 1 saturated heterocycles. The summed E-state index contributed by atoms with van der Waals surface area (Å²) in [4.78, 5) is 15.7. The molecule has 0 saturated carbocycles. The number of nitrogens with one attached hydrogen (secondary N) is 1. The van der Waals surface area contributed by atoms with E-state index in [0.29, 0.717) is 13.2 Å². The number of ether oxygens (including phenoxy) is 2. The van der Waals surface area contributed by atoms with Crippen LogP contribution in [-0.2, 0) is 19.1 Å². The molecule has 1 heterocycles. The molecule has 1 aliphatic rings. The Morgan fingerprint density at radius 2 is 2.08 bits per heavy atom. The quantitative estimate of drug-likeness (QED) is 0.618. The van der Waals surface area contributed by atoms with Crippen LogP contribution < -0.4 is 5.48 Å². The van der Waals surface area contributed by atoms with Crippen molar-refractivity contribution in [1.82, 2.24) is 5.48 Å². The Balaban J connectivity index is 2.54. The van der Waals surface area contributed by atoms with Gasteiger partial charge in [0.2, 0.25) is 0 Å². The SMILES string of the molecule is CCOC1(OCC)CC(=O)NO1. The predicted molar refractivity (Wildman–Crippen MR) is 39.8 cm³/mol. The van der Waals surface area contributed by atoms with Gasteiger partial charge in [-0.2, -0.15) is 0 Å². The van der Waals surface area contributed by atoms with Crippen molar-refractivity contribution in [2.75, 3.05) is 13.2 Å². The molecular formula is C7H13NO4. The first-order valence-electron chi connectivity index (χ1n) is 3.97. The zero-order valence-corrected chi connectivity index (χ0v) is 7.25. The molecule has 1 N–H and O–H groups in total. The fourth-order valence-electron chi connectivity index (χ4n) is 1.05. The predicted octanol–water partition coefficient (Wildman–Crippen LogP) is 0.165. The largest absolute Gasteiger partial charge is 0.326 e. The van der Waals surface area contributed by atoms with Gasteiger partial charge >= 0.3 is 5.97 Å². The molecule has 1 aliphatic heterocycles. The van der Waals surface area contributed by atoms with Gasteiger partial charge < -0.3 is 9.47 Å². The molecule has 0 atom stereocenters. The van der Waals surface area contributed by atoms with Gasteiger partial charge in [-0.15, -0.1) is 0 Å². The summed E-state index contributed by atoms with van der Waals surface area (Å²) in [7, 11) is 0. The van der Waals surface area contributed by atoms with E-state index in [1.54, 1.807) is 0 Å². The summed E-state index contributed by atoms with van der Waals surface area (Å²) in [5.41, 5.74) is 2.19. The molecule has 0 aromatic heterocycles. The molecule has 0 bridgehead atoms. The van der Waals surface area contributed by atoms with E-state index in [2.05, 4.69) is 5.48 Å². The Labute approximate surface area is 70.9 Å². The van der Waals surface area contributed by atoms with Gasteiger partial charge in [-0.3, -0.25) is 4.79 Å². The van der Waals surface area contributed by atoms with Crippen molar-refractivity contribution in [3.8, 4) is 0 Å². The van der Waals surface area contributed by atoms with Gasteiger partial charge in [-0.1, -0.05) is 0 Å². The molecule has 0 aromatic carbocycles. The van der Waals surface area contributed by atoms with Gasteiger partial charge in [0.25, 0.3) is 5.91 Å². The van der Waals surface area contributed by atoms with Crippen LogP contribution in [0.2, 0.25) is 0 Å². The van der Waals surface area contributed by atoms with Crippen LogP contribution in [0.5, 0.6) is 0 Å². The number of carbonyl (C=O) groups excluding carboxylic acids is 1. The lowest BCUT2D eigenvalue weighted by Crippen LogP contribution is -2.36. The fraction of sp³-hybridized carbons (Fsp3) is 0.857. The lowest BCUT2D eigenvalue weighted by Gasteiger charge is -2.24. The van der Waals surface area contributed by atoms with Crippen LogP contribution in [0.25, 0.3) is 0 Å². The van der Waals surface area contributed by atoms with Crippen LogP contribution in [0.15, 0.2) is 0 Å². The monoisotopic (exact) mass is 175 g/mol. The second-order valence-electron chi connectivity index (χ2n) is 2.35. The maximum atomic E-state index is 10.8. The van der Waals surface area contributed by atoms with E-state index in [1.807, 2.05) is 13.8 Å². The van der Waals surface area contributed by atoms with E-state index in [4.69, 9.17) is 14.3 Å². The van der Waals surface area contributed by atoms with Crippen LogP contribution in [0.4, 0.5) is 0 Å². The van der Waals surface area contributed by atoms with E-state index in [9.17, 15) is 4.79 Å². The highest BCUT2D eigenvalue weighted by Gasteiger charge is 2.42. The molecule has 1 rings (SSSR count). The van der Waals surface area contributed by atoms with Gasteiger partial charge in [0.05, 0.1) is 0 Å². The molecule has 70 valence electrons. The maximum Gasteiger partial charge on any atom is 0.314 e. The maximum absolute atomic E-state index is 10.8. The summed E-state index contributed by atoms with van der Waals surface area (Å²) in [5.74, 6) is -1.42. The lowest BCUT2D eigenvalue weighted by atomic mass is 10.4. The molecule has 0 radical (unpaired) electrons. The van der Waals surface area contributed by atoms with Crippen molar-refractivity contribution < 1.29 is 19.1 Å². The summed E-state index contributed by atoms with van der Waals surface area (Å²) < 4.78 is 10.3. The summed E-state index contributed by atoms with van der Waals surface area (Å²) in [6.07, 6.45) is 0.0919. The van der Waals surface area contributed by atoms with Crippen molar-refractivity contribution in [2.24, 2.45) is 0 Å². The van der Waals surface area contributed by atoms with Gasteiger partial charge in [0.15, 0.2) is 0 Å². The Morgan fingerprint density at radius 3 is 2.42 bits per heavy atom. The second kappa shape index (κ2) is 3.84. The third-order valence-electron chi connectivity index (χ3n) is 1.43. The van der Waals surface area contributed by atoms with Crippen LogP contribution >= 0.6 is 0 Å². The number of rotatable bonds is 4. The van der Waals surface area contributed by atoms with Gasteiger partial charge in [-0.05, 0) is 13.8 Å². The Kier molecular flexibility index (Phi) is 3.02. The van der Waals surface area contributed by atoms with E-state index >= 15 is 0 Å². The highest BCUT2D eigenvalue weighted by Crippen LogP contribution is 2.23. The molecular weight excluding hydrogens is 162 g/mol. The topological polar surface area (TPSA) is 56.8 Å². The molecule has 0 aliphatic carbocycles. The van der Waals surface area contributed by atoms with Crippen LogP contribution in [-0.4, -0.2) is 25.1 Å². The molecule has 0 aromatic rings. The second-order valence-corrected chi connectivity index (χ2v) is 2.35. The highest BCUT2D eigenvalue weighted by atomic mass is 16.9. The molecule has 5 nitrogen and oxygen atoms in total. The first-order chi connectivity index (χ1) is 5.72. The zero-order chi connectivity index (χ0) is 9.03. The van der Waals surface area contributed by atoms with E-state index < -0.39 is 5.97 Å². The van der Waals surface area contributed by atoms with Crippen molar-refractivity contribution in [3.63, 3.8) is 0 Å². The van der Waals surface area contributed by atoms with E-state index in [0.717, 1.165) is 0 Å². The summed E-state index contributed by atoms with van der Waals surface area (Å²) in [6.45, 7) is 4.50. The van der Waals surface area contributed by atoms with Crippen molar-refractivity contribution in [1.29, 1.82) is 0 Å². The normalized spacial score (nSPS) is 21.0. The Bertz CT molecular complexity index is 165. The number of hydrogen-bond donors (Lipinski definition) is 1. The molecule has 1 amide bonds. The average molecular weight is 175 g/mol. The first kappa shape index (κ1) is 9.44. The molecule has 0 unspecified atom stereocenters. The average Bonchev–Trinajstić information content (AvgIpc) is 2.34. The third-order valence-corrected chi connectivity index (χ3v) is 1.43. The zero-order valence-electron chi connectivity index (χ0n) is 7.25. The van der Waals surface area contributed by atoms with Crippen LogP contribution in [0, 0.1) is 0 Å².